The van der Waals surface area contributed by atoms with E-state index in [0.717, 1.165) is 26.3 Å². The molecule has 0 saturated carbocycles. The van der Waals surface area contributed by atoms with Crippen molar-refractivity contribution in [1.82, 2.24) is 0 Å². The Bertz CT molecular complexity index is 372. The van der Waals surface area contributed by atoms with Crippen LogP contribution in [0.4, 0.5) is 13.2 Å². The van der Waals surface area contributed by atoms with Crippen molar-refractivity contribution in [2.24, 2.45) is 0 Å². The van der Waals surface area contributed by atoms with Crippen molar-refractivity contribution < 1.29 is 44.4 Å². The summed E-state index contributed by atoms with van der Waals surface area (Å²) in [5.74, 6) is 0. The Morgan fingerprint density at radius 3 is 2.21 bits per heavy atom. The topological polar surface area (TPSA) is 87.9 Å². The molecule has 1 rings (SSSR count). The molecule has 0 atom stereocenters. The first-order valence-electron chi connectivity index (χ1n) is 5.01. The Balaban J connectivity index is 0.000000344. The van der Waals surface area contributed by atoms with Crippen LogP contribution in [0.1, 0.15) is 0 Å². The van der Waals surface area contributed by atoms with Crippen LogP contribution in [0.15, 0.2) is 0 Å². The number of rotatable bonds is 3. The maximum absolute atomic E-state index is 10.8. The monoisotopic (exact) mass is 309 g/mol. The highest BCUT2D eigenvalue weighted by molar-refractivity contribution is 7.80. The van der Waals surface area contributed by atoms with Crippen molar-refractivity contribution in [2.45, 2.75) is 6.36 Å². The molecule has 1 fully saturated rings. The number of hydrogen-bond donors (Lipinski definition) is 0. The van der Waals surface area contributed by atoms with Crippen molar-refractivity contribution in [1.29, 1.82) is 0 Å². The third-order valence-corrected chi connectivity index (χ3v) is 2.13. The molecule has 0 amide bonds. The van der Waals surface area contributed by atoms with Crippen molar-refractivity contribution in [3.63, 3.8) is 0 Å². The van der Waals surface area contributed by atoms with Crippen molar-refractivity contribution in [2.75, 3.05) is 40.0 Å². The van der Waals surface area contributed by atoms with Crippen LogP contribution in [0, 0.1) is 0 Å². The molecule has 1 aliphatic rings. The van der Waals surface area contributed by atoms with Crippen LogP contribution in [0.3, 0.4) is 0 Å². The van der Waals surface area contributed by atoms with E-state index in [1.165, 1.54) is 0 Å². The molecule has 7 nitrogen and oxygen atoms in total. The van der Waals surface area contributed by atoms with Crippen LogP contribution < -0.4 is 0 Å². The van der Waals surface area contributed by atoms with Gasteiger partial charge in [-0.2, -0.15) is 4.18 Å². The van der Waals surface area contributed by atoms with Crippen molar-refractivity contribution >= 4 is 16.6 Å². The quantitative estimate of drug-likeness (QED) is 0.405. The lowest BCUT2D eigenvalue weighted by atomic mass is 10.5. The number of halogens is 3. The van der Waals surface area contributed by atoms with E-state index in [1.54, 1.807) is 7.11 Å². The zero-order valence-corrected chi connectivity index (χ0v) is 10.9. The summed E-state index contributed by atoms with van der Waals surface area (Å²) >= 11 is 0. The first-order chi connectivity index (χ1) is 8.64. The SMILES string of the molecule is COCC=[N+]1CCOCC1.O=S(=O)([O-])OC(F)(F)F. The van der Waals surface area contributed by atoms with Gasteiger partial charge in [-0.05, 0) is 0 Å². The van der Waals surface area contributed by atoms with E-state index in [0.29, 0.717) is 6.61 Å². The van der Waals surface area contributed by atoms with Crippen LogP contribution in [0.5, 0.6) is 0 Å². The van der Waals surface area contributed by atoms with Crippen LogP contribution in [0.25, 0.3) is 0 Å². The molecule has 11 heteroatoms. The number of hydrogen-bond acceptors (Lipinski definition) is 6. The van der Waals surface area contributed by atoms with Gasteiger partial charge in [-0.15, -0.1) is 13.2 Å². The molecular weight excluding hydrogens is 295 g/mol. The van der Waals surface area contributed by atoms with Gasteiger partial charge in [-0.1, -0.05) is 0 Å². The van der Waals surface area contributed by atoms with Gasteiger partial charge in [0.15, 0.2) is 19.3 Å². The fourth-order valence-corrected chi connectivity index (χ4v) is 1.29. The average Bonchev–Trinajstić information content (AvgIpc) is 2.23. The Kier molecular flexibility index (Phi) is 8.09. The first kappa shape index (κ1) is 18.2. The zero-order chi connectivity index (χ0) is 14.9. The summed E-state index contributed by atoms with van der Waals surface area (Å²) in [7, 11) is -3.95. The number of nitrogens with zero attached hydrogens (tertiary/aromatic N) is 1. The maximum atomic E-state index is 10.8. The normalized spacial score (nSPS) is 16.6. The predicted octanol–water partition coefficient (Wildman–Crippen LogP) is -0.271. The fourth-order valence-electron chi connectivity index (χ4n) is 1.06. The molecule has 0 N–H and O–H groups in total. The van der Waals surface area contributed by atoms with Crippen molar-refractivity contribution in [3.05, 3.63) is 0 Å². The van der Waals surface area contributed by atoms with E-state index in [-0.39, 0.29) is 0 Å². The van der Waals surface area contributed by atoms with Gasteiger partial charge in [0.05, 0.1) is 0 Å². The lowest BCUT2D eigenvalue weighted by molar-refractivity contribution is -0.546. The van der Waals surface area contributed by atoms with Gasteiger partial charge < -0.3 is 14.0 Å². The Morgan fingerprint density at radius 1 is 1.37 bits per heavy atom. The molecule has 0 aliphatic carbocycles. The molecule has 0 aromatic carbocycles. The van der Waals surface area contributed by atoms with E-state index < -0.39 is 16.8 Å². The van der Waals surface area contributed by atoms with Crippen molar-refractivity contribution in [3.8, 4) is 0 Å². The number of ether oxygens (including phenoxy) is 2. The molecule has 114 valence electrons. The number of morpholine rings is 1. The summed E-state index contributed by atoms with van der Waals surface area (Å²) in [6, 6.07) is 0. The van der Waals surface area contributed by atoms with Gasteiger partial charge in [-0.3, -0.25) is 0 Å². The standard InChI is InChI=1S/C7H14NO2.CHF3O4S/c1-9-5-2-8-3-6-10-7-4-8;2-1(3,4)8-9(5,6)7/h2H,3-7H2,1H3;(H,5,6,7)/q+1;/p-1. The molecule has 0 unspecified atom stereocenters. The second kappa shape index (κ2) is 8.43. The van der Waals surface area contributed by atoms with E-state index in [9.17, 15) is 13.2 Å². The van der Waals surface area contributed by atoms with Gasteiger partial charge in [-0.25, -0.2) is 13.0 Å². The first-order valence-corrected chi connectivity index (χ1v) is 6.34. The fraction of sp³-hybridized carbons (Fsp3) is 0.875. The smallest absolute Gasteiger partial charge is 0.536 e. The minimum absolute atomic E-state index is 0.708. The van der Waals surface area contributed by atoms with E-state index in [4.69, 9.17) is 22.4 Å². The Labute approximate surface area is 108 Å². The molecule has 0 aromatic rings. The minimum atomic E-state index is -5.66. The molecular formula is C8H14F3NO6S. The molecule has 0 bridgehead atoms. The van der Waals surface area contributed by atoms with E-state index in [2.05, 4.69) is 10.8 Å². The van der Waals surface area contributed by atoms with E-state index >= 15 is 0 Å². The summed E-state index contributed by atoms with van der Waals surface area (Å²) in [6.45, 7) is 4.41. The lowest BCUT2D eigenvalue weighted by Gasteiger charge is -2.09. The highest BCUT2D eigenvalue weighted by Crippen LogP contribution is 2.17. The summed E-state index contributed by atoms with van der Waals surface area (Å²) in [5, 5.41) is 0. The number of methoxy groups -OCH3 is 1. The third kappa shape index (κ3) is 13.5. The highest BCUT2D eigenvalue weighted by Gasteiger charge is 2.32. The molecule has 1 heterocycles. The zero-order valence-electron chi connectivity index (χ0n) is 10.1. The van der Waals surface area contributed by atoms with Gasteiger partial charge in [0, 0.05) is 7.11 Å². The second-order valence-corrected chi connectivity index (χ2v) is 4.21. The lowest BCUT2D eigenvalue weighted by Crippen LogP contribution is -2.30. The Hall–Kier alpha value is -0.750. The summed E-state index contributed by atoms with van der Waals surface area (Å²) in [6.07, 6.45) is -3.34. The predicted molar refractivity (Wildman–Crippen MR) is 55.6 cm³/mol. The highest BCUT2D eigenvalue weighted by atomic mass is 32.3. The van der Waals surface area contributed by atoms with Gasteiger partial charge in [0.1, 0.15) is 19.8 Å². The largest absolute Gasteiger partial charge is 0.725 e. The number of alkyl halides is 3. The average molecular weight is 309 g/mol. The van der Waals surface area contributed by atoms with Crippen LogP contribution in [-0.2, 0) is 24.1 Å². The van der Waals surface area contributed by atoms with E-state index in [1.807, 2.05) is 4.18 Å². The van der Waals surface area contributed by atoms with Gasteiger partial charge >= 0.3 is 6.36 Å². The van der Waals surface area contributed by atoms with Crippen LogP contribution in [0.2, 0.25) is 0 Å². The maximum Gasteiger partial charge on any atom is 0.536 e. The molecule has 0 aromatic heterocycles. The summed E-state index contributed by atoms with van der Waals surface area (Å²) < 4.78 is 74.1. The Morgan fingerprint density at radius 2 is 1.89 bits per heavy atom. The minimum Gasteiger partial charge on any atom is -0.725 e. The summed E-state index contributed by atoms with van der Waals surface area (Å²) in [5.41, 5.74) is 0. The van der Waals surface area contributed by atoms with Gasteiger partial charge in [0.2, 0.25) is 10.4 Å². The van der Waals surface area contributed by atoms with Gasteiger partial charge in [0.25, 0.3) is 0 Å². The second-order valence-electron chi connectivity index (χ2n) is 3.22. The molecule has 0 radical (unpaired) electrons. The molecule has 0 spiro atoms. The molecule has 1 saturated heterocycles. The molecule has 19 heavy (non-hydrogen) atoms. The van der Waals surface area contributed by atoms with Crippen LogP contribution >= 0.6 is 0 Å². The third-order valence-electron chi connectivity index (χ3n) is 1.74. The van der Waals surface area contributed by atoms with Crippen LogP contribution in [-0.4, -0.2) is 70.1 Å². The summed E-state index contributed by atoms with van der Waals surface area (Å²) in [4.78, 5) is 0. The molecule has 1 aliphatic heterocycles.